The van der Waals surface area contributed by atoms with Gasteiger partial charge in [-0.1, -0.05) is 12.1 Å². The van der Waals surface area contributed by atoms with E-state index in [-0.39, 0.29) is 30.4 Å². The fourth-order valence-electron chi connectivity index (χ4n) is 6.19. The van der Waals surface area contributed by atoms with Crippen molar-refractivity contribution in [2.24, 2.45) is 29.4 Å². The minimum atomic E-state index is 0.161. The number of amides is 1. The van der Waals surface area contributed by atoms with Crippen molar-refractivity contribution < 1.29 is 13.9 Å². The van der Waals surface area contributed by atoms with E-state index < -0.39 is 0 Å². The number of hydrogen-bond acceptors (Lipinski definition) is 3. The summed E-state index contributed by atoms with van der Waals surface area (Å²) >= 11 is 0. The van der Waals surface area contributed by atoms with Crippen LogP contribution in [0, 0.1) is 23.7 Å². The van der Waals surface area contributed by atoms with Gasteiger partial charge in [0.1, 0.15) is 12.4 Å². The Morgan fingerprint density at radius 1 is 1.26 bits per heavy atom. The van der Waals surface area contributed by atoms with Crippen LogP contribution in [0.3, 0.4) is 0 Å². The van der Waals surface area contributed by atoms with E-state index in [9.17, 15) is 9.18 Å². The topological polar surface area (TPSA) is 64.3 Å². The van der Waals surface area contributed by atoms with E-state index in [1.807, 2.05) is 12.1 Å². The molecule has 0 saturated heterocycles. The number of benzene rings is 1. The maximum absolute atomic E-state index is 12.6. The lowest BCUT2D eigenvalue weighted by atomic mass is 9.44. The minimum absolute atomic E-state index is 0.161. The van der Waals surface area contributed by atoms with E-state index in [1.165, 1.54) is 24.8 Å². The monoisotopic (exact) mass is 372 g/mol. The minimum Gasteiger partial charge on any atom is -0.489 e. The van der Waals surface area contributed by atoms with Crippen LogP contribution in [0.15, 0.2) is 36.2 Å². The summed E-state index contributed by atoms with van der Waals surface area (Å²) in [6, 6.07) is 8.30. The zero-order valence-corrected chi connectivity index (χ0v) is 15.9. The van der Waals surface area contributed by atoms with Gasteiger partial charge in [0.2, 0.25) is 5.91 Å². The Labute approximate surface area is 160 Å². The van der Waals surface area contributed by atoms with Crippen LogP contribution in [0.1, 0.15) is 37.7 Å². The lowest BCUT2D eigenvalue weighted by Crippen LogP contribution is -2.56. The average Bonchev–Trinajstić information content (AvgIpc) is 2.68. The molecule has 146 valence electrons. The van der Waals surface area contributed by atoms with Gasteiger partial charge in [0.05, 0.1) is 6.33 Å². The van der Waals surface area contributed by atoms with Crippen molar-refractivity contribution in [1.29, 1.82) is 0 Å². The SMILES string of the molecule is CNC(=O)C1C2CC3CC1CC(c1ccc(OC/C(=C/F)CN)cc1)(C3)C2. The summed E-state index contributed by atoms with van der Waals surface area (Å²) in [4.78, 5) is 12.4. The predicted molar refractivity (Wildman–Crippen MR) is 103 cm³/mol. The third-order valence-electron chi connectivity index (χ3n) is 7.13. The van der Waals surface area contributed by atoms with Gasteiger partial charge in [-0.05, 0) is 73.0 Å². The highest BCUT2D eigenvalue weighted by Crippen LogP contribution is 2.62. The summed E-state index contributed by atoms with van der Waals surface area (Å²) in [7, 11) is 1.76. The van der Waals surface area contributed by atoms with Crippen molar-refractivity contribution in [3.63, 3.8) is 0 Å². The van der Waals surface area contributed by atoms with Gasteiger partial charge in [-0.25, -0.2) is 4.39 Å². The molecule has 0 radical (unpaired) electrons. The number of nitrogens with one attached hydrogen (secondary N) is 1. The molecule has 4 aliphatic carbocycles. The maximum Gasteiger partial charge on any atom is 0.223 e. The Morgan fingerprint density at radius 3 is 2.48 bits per heavy atom. The molecule has 3 N–H and O–H groups in total. The van der Waals surface area contributed by atoms with E-state index >= 15 is 0 Å². The third-order valence-corrected chi connectivity index (χ3v) is 7.13. The van der Waals surface area contributed by atoms with Crippen LogP contribution >= 0.6 is 0 Å². The summed E-state index contributed by atoms with van der Waals surface area (Å²) < 4.78 is 18.3. The third kappa shape index (κ3) is 3.27. The van der Waals surface area contributed by atoms with Crippen molar-refractivity contribution >= 4 is 5.91 Å². The summed E-state index contributed by atoms with van der Waals surface area (Å²) in [6.45, 7) is 0.339. The Balaban J connectivity index is 1.50. The highest BCUT2D eigenvalue weighted by atomic mass is 19.1. The van der Waals surface area contributed by atoms with Crippen LogP contribution in [0.2, 0.25) is 0 Å². The zero-order chi connectivity index (χ0) is 19.0. The predicted octanol–water partition coefficient (Wildman–Crippen LogP) is 3.32. The molecule has 2 unspecified atom stereocenters. The van der Waals surface area contributed by atoms with Crippen molar-refractivity contribution in [3.05, 3.63) is 41.7 Å². The number of carbonyl (C=O) groups is 1. The van der Waals surface area contributed by atoms with Crippen LogP contribution in [-0.2, 0) is 10.2 Å². The summed E-state index contributed by atoms with van der Waals surface area (Å²) in [5.74, 6) is 2.94. The molecule has 0 aromatic heterocycles. The molecule has 0 spiro atoms. The first kappa shape index (κ1) is 18.5. The van der Waals surface area contributed by atoms with E-state index in [0.29, 0.717) is 23.7 Å². The van der Waals surface area contributed by atoms with Gasteiger partial charge in [-0.3, -0.25) is 4.79 Å². The molecule has 5 heteroatoms. The number of carbonyl (C=O) groups excluding carboxylic acids is 1. The molecular weight excluding hydrogens is 343 g/mol. The van der Waals surface area contributed by atoms with Crippen molar-refractivity contribution in [1.82, 2.24) is 5.32 Å². The quantitative estimate of drug-likeness (QED) is 0.805. The summed E-state index contributed by atoms with van der Waals surface area (Å²) in [6.07, 6.45) is 6.39. The molecule has 0 aliphatic heterocycles. The van der Waals surface area contributed by atoms with Crippen LogP contribution in [0.25, 0.3) is 0 Å². The van der Waals surface area contributed by atoms with Gasteiger partial charge in [0.15, 0.2) is 0 Å². The first-order chi connectivity index (χ1) is 13.1. The van der Waals surface area contributed by atoms with Crippen LogP contribution < -0.4 is 15.8 Å². The highest BCUT2D eigenvalue weighted by Gasteiger charge is 2.57. The molecule has 4 fully saturated rings. The average molecular weight is 372 g/mol. The highest BCUT2D eigenvalue weighted by molar-refractivity contribution is 5.79. The van der Waals surface area contributed by atoms with Gasteiger partial charge in [-0.15, -0.1) is 0 Å². The van der Waals surface area contributed by atoms with Gasteiger partial charge in [0, 0.05) is 25.1 Å². The molecule has 4 bridgehead atoms. The second kappa shape index (κ2) is 7.27. The standard InChI is InChI=1S/C22H29FN2O2/c1-25-21(26)20-16-6-14-7-17(20)10-22(8-14,9-16)18-2-4-19(5-3-18)27-13-15(11-23)12-24/h2-5,11,14,16-17,20H,6-10,12-13,24H2,1H3,(H,25,26)/b15-11+. The largest absolute Gasteiger partial charge is 0.489 e. The van der Waals surface area contributed by atoms with Gasteiger partial charge < -0.3 is 15.8 Å². The molecule has 1 aromatic carbocycles. The van der Waals surface area contributed by atoms with Gasteiger partial charge >= 0.3 is 0 Å². The van der Waals surface area contributed by atoms with Gasteiger partial charge in [0.25, 0.3) is 0 Å². The molecule has 1 aromatic rings. The number of halogens is 1. The fourth-order valence-corrected chi connectivity index (χ4v) is 6.19. The lowest BCUT2D eigenvalue weighted by molar-refractivity contribution is -0.139. The first-order valence-electron chi connectivity index (χ1n) is 10.0. The molecule has 2 atom stereocenters. The van der Waals surface area contributed by atoms with E-state index in [4.69, 9.17) is 10.5 Å². The summed E-state index contributed by atoms with van der Waals surface area (Å²) in [5, 5.41) is 2.89. The number of rotatable bonds is 6. The molecule has 4 aliphatic rings. The number of hydrogen-bond donors (Lipinski definition) is 2. The van der Waals surface area contributed by atoms with Crippen LogP contribution in [0.5, 0.6) is 5.75 Å². The van der Waals surface area contributed by atoms with Crippen LogP contribution in [0.4, 0.5) is 4.39 Å². The molecule has 4 saturated carbocycles. The molecular formula is C22H29FN2O2. The van der Waals surface area contributed by atoms with E-state index in [1.54, 1.807) is 7.05 Å². The number of ether oxygens (including phenoxy) is 1. The first-order valence-corrected chi connectivity index (χ1v) is 10.0. The zero-order valence-electron chi connectivity index (χ0n) is 15.9. The fraction of sp³-hybridized carbons (Fsp3) is 0.591. The Kier molecular flexibility index (Phi) is 4.97. The molecule has 4 nitrogen and oxygen atoms in total. The van der Waals surface area contributed by atoms with E-state index in [2.05, 4.69) is 17.4 Å². The Hall–Kier alpha value is -1.88. The molecule has 27 heavy (non-hydrogen) atoms. The van der Waals surface area contributed by atoms with Crippen molar-refractivity contribution in [2.45, 2.75) is 37.5 Å². The van der Waals surface area contributed by atoms with Crippen LogP contribution in [-0.4, -0.2) is 26.1 Å². The lowest BCUT2D eigenvalue weighted by Gasteiger charge is -2.59. The summed E-state index contributed by atoms with van der Waals surface area (Å²) in [5.41, 5.74) is 7.49. The second-order valence-electron chi connectivity index (χ2n) is 8.67. The second-order valence-corrected chi connectivity index (χ2v) is 8.67. The van der Waals surface area contributed by atoms with Gasteiger partial charge in [-0.2, -0.15) is 0 Å². The van der Waals surface area contributed by atoms with Crippen molar-refractivity contribution in [2.75, 3.05) is 20.2 Å². The van der Waals surface area contributed by atoms with Crippen molar-refractivity contribution in [3.8, 4) is 5.75 Å². The molecule has 1 amide bonds. The maximum atomic E-state index is 12.6. The van der Waals surface area contributed by atoms with E-state index in [0.717, 1.165) is 24.5 Å². The Morgan fingerprint density at radius 2 is 1.93 bits per heavy atom. The molecule has 0 heterocycles. The Bertz CT molecular complexity index is 714. The smallest absolute Gasteiger partial charge is 0.223 e. The normalized spacial score (nSPS) is 34.6. The number of nitrogens with two attached hydrogens (primary N) is 1. The molecule has 5 rings (SSSR count).